The van der Waals surface area contributed by atoms with Crippen molar-refractivity contribution in [2.75, 3.05) is 0 Å². The van der Waals surface area contributed by atoms with E-state index in [1.807, 2.05) is 0 Å². The van der Waals surface area contributed by atoms with Crippen molar-refractivity contribution in [1.82, 2.24) is 0 Å². The molecule has 0 fully saturated rings. The minimum atomic E-state index is -2.04. The Morgan fingerprint density at radius 3 is 1.71 bits per heavy atom. The van der Waals surface area contributed by atoms with Crippen LogP contribution in [0.15, 0.2) is 30.3 Å². The number of hydrogen-bond donors (Lipinski definition) is 0. The summed E-state index contributed by atoms with van der Waals surface area (Å²) in [5.74, 6) is 0. The third-order valence-electron chi connectivity index (χ3n) is 3.95. The van der Waals surface area contributed by atoms with Crippen molar-refractivity contribution in [3.63, 3.8) is 0 Å². The van der Waals surface area contributed by atoms with Crippen LogP contribution in [0.4, 0.5) is 0 Å². The van der Waals surface area contributed by atoms with Crippen LogP contribution in [0.2, 0.25) is 14.8 Å². The Bertz CT molecular complexity index is 353. The summed E-state index contributed by atoms with van der Waals surface area (Å²) in [7, 11) is 0. The summed E-state index contributed by atoms with van der Waals surface area (Å²) in [6.07, 6.45) is 1.30. The van der Waals surface area contributed by atoms with Crippen molar-refractivity contribution in [1.29, 1.82) is 0 Å². The standard InChI is InChI=1S/C13H19.3CH3.Sn/c1-11(10-13(2,3)4)12-8-6-5-7-9-12;;;;/h5-9H,10H2,1-4H3;3*1H3;. The third kappa shape index (κ3) is 3.74. The van der Waals surface area contributed by atoms with Crippen molar-refractivity contribution < 1.29 is 0 Å². The zero-order valence-electron chi connectivity index (χ0n) is 12.6. The van der Waals surface area contributed by atoms with Crippen molar-refractivity contribution in [2.45, 2.75) is 52.4 Å². The molecule has 0 aliphatic rings. The van der Waals surface area contributed by atoms with E-state index in [9.17, 15) is 0 Å². The van der Waals surface area contributed by atoms with Gasteiger partial charge in [-0.15, -0.1) is 0 Å². The Balaban J connectivity index is 3.22. The van der Waals surface area contributed by atoms with Crippen molar-refractivity contribution in [3.05, 3.63) is 35.9 Å². The molecule has 0 bridgehead atoms. The normalized spacial score (nSPS) is 16.6. The zero-order chi connectivity index (χ0) is 13.3. The van der Waals surface area contributed by atoms with Crippen LogP contribution in [0.25, 0.3) is 0 Å². The summed E-state index contributed by atoms with van der Waals surface area (Å²) < 4.78 is 0.425. The number of benzene rings is 1. The van der Waals surface area contributed by atoms with E-state index in [-0.39, 0.29) is 0 Å². The fourth-order valence-electron chi connectivity index (χ4n) is 2.67. The van der Waals surface area contributed by atoms with E-state index in [4.69, 9.17) is 0 Å². The Hall–Kier alpha value is 0.0187. The molecule has 1 aromatic carbocycles. The molecule has 17 heavy (non-hydrogen) atoms. The molecule has 0 nitrogen and oxygen atoms in total. The van der Waals surface area contributed by atoms with Gasteiger partial charge in [0.25, 0.3) is 0 Å². The molecule has 1 aromatic rings. The predicted octanol–water partition coefficient (Wildman–Crippen LogP) is 5.26. The summed E-state index contributed by atoms with van der Waals surface area (Å²) in [5, 5.41) is 0. The average molecular weight is 339 g/mol. The van der Waals surface area contributed by atoms with Gasteiger partial charge in [0.1, 0.15) is 0 Å². The van der Waals surface area contributed by atoms with Gasteiger partial charge in [0.05, 0.1) is 0 Å². The first-order valence-electron chi connectivity index (χ1n) is 6.62. The molecule has 0 aliphatic carbocycles. The minimum absolute atomic E-state index is 0.398. The van der Waals surface area contributed by atoms with Gasteiger partial charge in [0.15, 0.2) is 0 Å². The van der Waals surface area contributed by atoms with Gasteiger partial charge in [-0.1, -0.05) is 0 Å². The molecule has 1 unspecified atom stereocenters. The van der Waals surface area contributed by atoms with Gasteiger partial charge in [-0.05, 0) is 0 Å². The van der Waals surface area contributed by atoms with Crippen LogP contribution in [0.3, 0.4) is 0 Å². The number of hydrogen-bond acceptors (Lipinski definition) is 0. The summed E-state index contributed by atoms with van der Waals surface area (Å²) in [5.41, 5.74) is 1.95. The maximum absolute atomic E-state index is 2.56. The van der Waals surface area contributed by atoms with E-state index < -0.39 is 18.4 Å². The Kier molecular flexibility index (Phi) is 4.39. The molecule has 0 aromatic heterocycles. The molecule has 0 saturated heterocycles. The summed E-state index contributed by atoms with van der Waals surface area (Å²) in [6, 6.07) is 11.2. The second-order valence-electron chi connectivity index (χ2n) is 7.69. The van der Waals surface area contributed by atoms with E-state index in [2.05, 4.69) is 72.8 Å². The Morgan fingerprint density at radius 2 is 1.35 bits per heavy atom. The number of rotatable bonds is 3. The molecule has 1 heteroatoms. The second kappa shape index (κ2) is 4.95. The molecule has 1 rings (SSSR count). The van der Waals surface area contributed by atoms with Crippen LogP contribution in [0.1, 0.15) is 39.7 Å². The van der Waals surface area contributed by atoms with Gasteiger partial charge in [0.2, 0.25) is 0 Å². The maximum atomic E-state index is 2.56. The molecule has 96 valence electrons. The van der Waals surface area contributed by atoms with Crippen molar-refractivity contribution >= 4 is 18.4 Å². The molecule has 1 atom stereocenters. The van der Waals surface area contributed by atoms with Gasteiger partial charge < -0.3 is 0 Å². The SMILES string of the molecule is CC(C)(C)C[C](C)(c1ccccc1)[Sn]([CH3])([CH3])[CH3]. The molecule has 0 amide bonds. The van der Waals surface area contributed by atoms with Gasteiger partial charge >= 0.3 is 112 Å². The van der Waals surface area contributed by atoms with Gasteiger partial charge in [-0.25, -0.2) is 0 Å². The topological polar surface area (TPSA) is 0 Å². The van der Waals surface area contributed by atoms with Gasteiger partial charge in [-0.2, -0.15) is 0 Å². The monoisotopic (exact) mass is 340 g/mol. The van der Waals surface area contributed by atoms with Crippen LogP contribution in [0, 0.1) is 5.41 Å². The average Bonchev–Trinajstić information content (AvgIpc) is 2.14. The van der Waals surface area contributed by atoms with Crippen LogP contribution >= 0.6 is 0 Å². The first-order valence-corrected chi connectivity index (χ1v) is 16.6. The van der Waals surface area contributed by atoms with E-state index in [0.29, 0.717) is 8.85 Å². The van der Waals surface area contributed by atoms with Gasteiger partial charge in [-0.3, -0.25) is 0 Å². The zero-order valence-corrected chi connectivity index (χ0v) is 15.4. The quantitative estimate of drug-likeness (QED) is 0.659. The van der Waals surface area contributed by atoms with E-state index in [1.165, 1.54) is 6.42 Å². The molecule has 0 radical (unpaired) electrons. The van der Waals surface area contributed by atoms with Crippen LogP contribution in [-0.4, -0.2) is 18.4 Å². The summed E-state index contributed by atoms with van der Waals surface area (Å²) in [4.78, 5) is 7.69. The van der Waals surface area contributed by atoms with Crippen LogP contribution in [-0.2, 0) is 3.43 Å². The third-order valence-corrected chi connectivity index (χ3v) is 14.7. The first-order chi connectivity index (χ1) is 7.56. The molecule has 0 aliphatic heterocycles. The van der Waals surface area contributed by atoms with E-state index in [0.717, 1.165) is 0 Å². The summed E-state index contributed by atoms with van der Waals surface area (Å²) >= 11 is -2.04. The van der Waals surface area contributed by atoms with E-state index >= 15 is 0 Å². The predicted molar refractivity (Wildman–Crippen MR) is 81.2 cm³/mol. The Labute approximate surface area is 112 Å². The van der Waals surface area contributed by atoms with Gasteiger partial charge in [0, 0.05) is 0 Å². The van der Waals surface area contributed by atoms with Crippen LogP contribution < -0.4 is 0 Å². The van der Waals surface area contributed by atoms with Crippen molar-refractivity contribution in [3.8, 4) is 0 Å². The molecular formula is C16H28Sn. The molecule has 0 spiro atoms. The van der Waals surface area contributed by atoms with E-state index in [1.54, 1.807) is 5.56 Å². The summed E-state index contributed by atoms with van der Waals surface area (Å²) in [6.45, 7) is 9.60. The molecule has 0 heterocycles. The van der Waals surface area contributed by atoms with Crippen LogP contribution in [0.5, 0.6) is 0 Å². The fraction of sp³-hybridized carbons (Fsp3) is 0.625. The molecule has 0 N–H and O–H groups in total. The molecular weight excluding hydrogens is 311 g/mol. The Morgan fingerprint density at radius 1 is 0.882 bits per heavy atom. The fourth-order valence-corrected chi connectivity index (χ4v) is 8.64. The first kappa shape index (κ1) is 15.1. The second-order valence-corrected chi connectivity index (χ2v) is 23.7. The van der Waals surface area contributed by atoms with Crippen molar-refractivity contribution in [2.24, 2.45) is 5.41 Å². The molecule has 0 saturated carbocycles.